The Balaban J connectivity index is 2.10. The molecular formula is C11H17BrN4O2. The molecule has 1 aromatic heterocycles. The molecule has 100 valence electrons. The monoisotopic (exact) mass is 316 g/mol. The van der Waals surface area contributed by atoms with Crippen molar-refractivity contribution in [2.45, 2.75) is 25.4 Å². The molecule has 1 saturated heterocycles. The van der Waals surface area contributed by atoms with Gasteiger partial charge in [0.15, 0.2) is 0 Å². The molecule has 2 rings (SSSR count). The van der Waals surface area contributed by atoms with Crippen molar-refractivity contribution in [1.82, 2.24) is 14.7 Å². The van der Waals surface area contributed by atoms with Crippen molar-refractivity contribution in [3.63, 3.8) is 0 Å². The van der Waals surface area contributed by atoms with Gasteiger partial charge >= 0.3 is 5.97 Å². The van der Waals surface area contributed by atoms with Crippen LogP contribution in [0.5, 0.6) is 0 Å². The number of carbonyl (C=O) groups is 1. The minimum Gasteiger partial charge on any atom is -0.480 e. The highest BCUT2D eigenvalue weighted by Gasteiger charge is 2.41. The molecule has 18 heavy (non-hydrogen) atoms. The number of hydrogen-bond acceptors (Lipinski definition) is 4. The number of carboxylic acid groups (broad SMARTS) is 1. The Labute approximate surface area is 114 Å². The van der Waals surface area contributed by atoms with E-state index in [1.165, 1.54) is 0 Å². The van der Waals surface area contributed by atoms with Crippen molar-refractivity contribution in [2.75, 3.05) is 13.1 Å². The van der Waals surface area contributed by atoms with Gasteiger partial charge in [0.1, 0.15) is 5.54 Å². The molecular weight excluding hydrogens is 300 g/mol. The SMILES string of the molecule is Cc1nn(C)c(CN2CCC(N)(C(=O)O)C2)c1Br. The number of nitrogens with two attached hydrogens (primary N) is 1. The number of nitrogens with zero attached hydrogens (tertiary/aromatic N) is 3. The molecule has 3 N–H and O–H groups in total. The Hall–Kier alpha value is -0.920. The molecule has 0 aromatic carbocycles. The second kappa shape index (κ2) is 4.64. The van der Waals surface area contributed by atoms with E-state index in [0.29, 0.717) is 26.1 Å². The average Bonchev–Trinajstić information content (AvgIpc) is 2.77. The molecule has 0 radical (unpaired) electrons. The molecule has 1 aromatic rings. The van der Waals surface area contributed by atoms with Crippen LogP contribution >= 0.6 is 15.9 Å². The van der Waals surface area contributed by atoms with Gasteiger partial charge in [-0.2, -0.15) is 5.10 Å². The van der Waals surface area contributed by atoms with E-state index in [9.17, 15) is 4.79 Å². The van der Waals surface area contributed by atoms with E-state index in [-0.39, 0.29) is 0 Å². The van der Waals surface area contributed by atoms with Crippen molar-refractivity contribution < 1.29 is 9.90 Å². The summed E-state index contributed by atoms with van der Waals surface area (Å²) in [5, 5.41) is 13.4. The van der Waals surface area contributed by atoms with Crippen LogP contribution in [-0.2, 0) is 18.4 Å². The molecule has 7 heteroatoms. The van der Waals surface area contributed by atoms with Crippen LogP contribution in [0.2, 0.25) is 0 Å². The van der Waals surface area contributed by atoms with E-state index in [0.717, 1.165) is 15.9 Å². The molecule has 0 amide bonds. The average molecular weight is 317 g/mol. The summed E-state index contributed by atoms with van der Waals surface area (Å²) < 4.78 is 2.80. The number of aromatic nitrogens is 2. The summed E-state index contributed by atoms with van der Waals surface area (Å²) >= 11 is 3.51. The Kier molecular flexibility index (Phi) is 3.48. The van der Waals surface area contributed by atoms with Crippen LogP contribution in [0, 0.1) is 6.92 Å². The summed E-state index contributed by atoms with van der Waals surface area (Å²) in [6, 6.07) is 0. The lowest BCUT2D eigenvalue weighted by Gasteiger charge is -2.20. The van der Waals surface area contributed by atoms with E-state index in [1.807, 2.05) is 18.7 Å². The van der Waals surface area contributed by atoms with Gasteiger partial charge in [-0.05, 0) is 29.3 Å². The molecule has 0 aliphatic carbocycles. The first-order valence-corrected chi connectivity index (χ1v) is 6.55. The molecule has 0 bridgehead atoms. The van der Waals surface area contributed by atoms with E-state index in [1.54, 1.807) is 0 Å². The van der Waals surface area contributed by atoms with Crippen molar-refractivity contribution in [3.8, 4) is 0 Å². The lowest BCUT2D eigenvalue weighted by molar-refractivity contribution is -0.142. The summed E-state index contributed by atoms with van der Waals surface area (Å²) in [6.07, 6.45) is 0.483. The zero-order chi connectivity index (χ0) is 13.5. The molecule has 0 spiro atoms. The summed E-state index contributed by atoms with van der Waals surface area (Å²) in [5.41, 5.74) is 6.72. The summed E-state index contributed by atoms with van der Waals surface area (Å²) in [6.45, 7) is 3.66. The maximum Gasteiger partial charge on any atom is 0.325 e. The lowest BCUT2D eigenvalue weighted by Crippen LogP contribution is -2.50. The van der Waals surface area contributed by atoms with Gasteiger partial charge in [-0.1, -0.05) is 0 Å². The third kappa shape index (κ3) is 2.30. The highest BCUT2D eigenvalue weighted by atomic mass is 79.9. The highest BCUT2D eigenvalue weighted by molar-refractivity contribution is 9.10. The lowest BCUT2D eigenvalue weighted by atomic mass is 10.0. The first-order chi connectivity index (χ1) is 8.33. The number of carboxylic acids is 1. The van der Waals surface area contributed by atoms with Crippen molar-refractivity contribution in [2.24, 2.45) is 12.8 Å². The third-order valence-corrected chi connectivity index (χ3v) is 4.47. The smallest absolute Gasteiger partial charge is 0.325 e. The number of likely N-dealkylation sites (tertiary alicyclic amines) is 1. The predicted octanol–water partition coefficient (Wildman–Crippen LogP) is 0.479. The van der Waals surface area contributed by atoms with Crippen LogP contribution in [0.1, 0.15) is 17.8 Å². The van der Waals surface area contributed by atoms with Gasteiger partial charge in [0.05, 0.1) is 15.9 Å². The van der Waals surface area contributed by atoms with Crippen LogP contribution in [0.25, 0.3) is 0 Å². The summed E-state index contributed by atoms with van der Waals surface area (Å²) in [5.74, 6) is -0.926. The normalized spacial score (nSPS) is 24.7. The van der Waals surface area contributed by atoms with Gasteiger partial charge in [-0.15, -0.1) is 0 Å². The van der Waals surface area contributed by atoms with Crippen molar-refractivity contribution >= 4 is 21.9 Å². The first kappa shape index (κ1) is 13.5. The Morgan fingerprint density at radius 2 is 2.33 bits per heavy atom. The van der Waals surface area contributed by atoms with E-state index in [2.05, 4.69) is 25.9 Å². The third-order valence-electron chi connectivity index (χ3n) is 3.44. The van der Waals surface area contributed by atoms with E-state index < -0.39 is 11.5 Å². The number of aryl methyl sites for hydroxylation is 2. The standard InChI is InChI=1S/C11H17BrN4O2/c1-7-9(12)8(15(2)14-7)5-16-4-3-11(13,6-16)10(17)18/h3-6,13H2,1-2H3,(H,17,18). The molecule has 1 unspecified atom stereocenters. The van der Waals surface area contributed by atoms with Crippen LogP contribution in [0.4, 0.5) is 0 Å². The van der Waals surface area contributed by atoms with Gasteiger partial charge in [-0.3, -0.25) is 14.4 Å². The molecule has 6 nitrogen and oxygen atoms in total. The zero-order valence-electron chi connectivity index (χ0n) is 10.5. The minimum atomic E-state index is -1.11. The number of aliphatic carboxylic acids is 1. The number of halogens is 1. The minimum absolute atomic E-state index is 0.374. The molecule has 1 fully saturated rings. The van der Waals surface area contributed by atoms with Gasteiger partial charge in [-0.25, -0.2) is 0 Å². The maximum atomic E-state index is 11.1. The van der Waals surface area contributed by atoms with Crippen LogP contribution < -0.4 is 5.73 Å². The zero-order valence-corrected chi connectivity index (χ0v) is 12.1. The Morgan fingerprint density at radius 3 is 2.78 bits per heavy atom. The fourth-order valence-corrected chi connectivity index (χ4v) is 2.75. The predicted molar refractivity (Wildman–Crippen MR) is 70.1 cm³/mol. The number of hydrogen-bond donors (Lipinski definition) is 2. The molecule has 1 aliphatic rings. The summed E-state index contributed by atoms with van der Waals surface area (Å²) in [4.78, 5) is 13.1. The van der Waals surface area contributed by atoms with Gasteiger partial charge in [0.25, 0.3) is 0 Å². The van der Waals surface area contributed by atoms with Gasteiger partial charge in [0, 0.05) is 26.7 Å². The molecule has 1 aliphatic heterocycles. The van der Waals surface area contributed by atoms with E-state index >= 15 is 0 Å². The largest absolute Gasteiger partial charge is 0.480 e. The number of rotatable bonds is 3. The molecule has 2 heterocycles. The quantitative estimate of drug-likeness (QED) is 0.847. The fraction of sp³-hybridized carbons (Fsp3) is 0.636. The second-order valence-electron chi connectivity index (χ2n) is 4.89. The van der Waals surface area contributed by atoms with E-state index in [4.69, 9.17) is 10.8 Å². The molecule has 0 saturated carbocycles. The first-order valence-electron chi connectivity index (χ1n) is 5.76. The van der Waals surface area contributed by atoms with Crippen molar-refractivity contribution in [1.29, 1.82) is 0 Å². The second-order valence-corrected chi connectivity index (χ2v) is 5.68. The van der Waals surface area contributed by atoms with Crippen LogP contribution in [-0.4, -0.2) is 44.4 Å². The van der Waals surface area contributed by atoms with Crippen LogP contribution in [0.3, 0.4) is 0 Å². The van der Waals surface area contributed by atoms with Crippen LogP contribution in [0.15, 0.2) is 4.47 Å². The van der Waals surface area contributed by atoms with Gasteiger partial charge in [0.2, 0.25) is 0 Å². The summed E-state index contributed by atoms with van der Waals surface area (Å²) in [7, 11) is 1.88. The van der Waals surface area contributed by atoms with Gasteiger partial charge < -0.3 is 10.8 Å². The maximum absolute atomic E-state index is 11.1. The molecule has 1 atom stereocenters. The fourth-order valence-electron chi connectivity index (χ4n) is 2.29. The van der Waals surface area contributed by atoms with Crippen molar-refractivity contribution in [3.05, 3.63) is 15.9 Å². The highest BCUT2D eigenvalue weighted by Crippen LogP contribution is 2.25. The topological polar surface area (TPSA) is 84.4 Å². The Bertz CT molecular complexity index is 488. The Morgan fingerprint density at radius 1 is 1.67 bits per heavy atom.